The number of nitrogens with two attached hydrogens (primary N) is 1. The average molecular weight is 364 g/mol. The van der Waals surface area contributed by atoms with E-state index in [0.29, 0.717) is 22.6 Å². The number of aryl methyl sites for hydroxylation is 2. The molecule has 0 saturated heterocycles. The van der Waals surface area contributed by atoms with E-state index >= 15 is 0 Å². The number of nitrogens with one attached hydrogen (secondary N) is 1. The maximum Gasteiger partial charge on any atom is 0.308 e. The molecule has 2 aromatic rings. The number of carbonyl (C=O) groups is 1. The molecular weight excluding hydrogens is 344 g/mol. The summed E-state index contributed by atoms with van der Waals surface area (Å²) in [5, 5.41) is 0. The van der Waals surface area contributed by atoms with E-state index in [-0.39, 0.29) is 16.3 Å². The van der Waals surface area contributed by atoms with E-state index in [0.717, 1.165) is 0 Å². The fourth-order valence-corrected chi connectivity index (χ4v) is 4.06. The Bertz CT molecular complexity index is 900. The Morgan fingerprint density at radius 3 is 2.16 bits per heavy atom. The highest BCUT2D eigenvalue weighted by atomic mass is 32.2. The molecule has 0 unspecified atom stereocenters. The van der Waals surface area contributed by atoms with E-state index in [1.54, 1.807) is 19.9 Å². The van der Waals surface area contributed by atoms with Gasteiger partial charge in [0.25, 0.3) is 10.0 Å². The molecule has 0 spiro atoms. The second-order valence-electron chi connectivity index (χ2n) is 5.54. The van der Waals surface area contributed by atoms with E-state index < -0.39 is 16.0 Å². The largest absolute Gasteiger partial charge is 0.497 e. The van der Waals surface area contributed by atoms with Crippen LogP contribution >= 0.6 is 0 Å². The van der Waals surface area contributed by atoms with Gasteiger partial charge in [-0.05, 0) is 49.2 Å². The van der Waals surface area contributed by atoms with Crippen LogP contribution in [0.4, 0.5) is 11.4 Å². The van der Waals surface area contributed by atoms with Crippen LogP contribution in [0.15, 0.2) is 35.2 Å². The van der Waals surface area contributed by atoms with Gasteiger partial charge in [0.1, 0.15) is 11.5 Å². The Hall–Kier alpha value is -2.74. The molecular formula is C17H20N2O5S. The van der Waals surface area contributed by atoms with Gasteiger partial charge >= 0.3 is 5.97 Å². The number of methoxy groups -OCH3 is 1. The first-order valence-corrected chi connectivity index (χ1v) is 8.88. The molecule has 134 valence electrons. The van der Waals surface area contributed by atoms with Crippen LogP contribution in [0.5, 0.6) is 11.5 Å². The van der Waals surface area contributed by atoms with Crippen LogP contribution in [0.25, 0.3) is 0 Å². The summed E-state index contributed by atoms with van der Waals surface area (Å²) in [6, 6.07) is 7.67. The van der Waals surface area contributed by atoms with Crippen LogP contribution in [0.3, 0.4) is 0 Å². The van der Waals surface area contributed by atoms with Gasteiger partial charge < -0.3 is 15.2 Å². The topological polar surface area (TPSA) is 108 Å². The second-order valence-corrected chi connectivity index (χ2v) is 7.16. The van der Waals surface area contributed by atoms with Crippen LogP contribution in [-0.2, 0) is 14.8 Å². The number of nitrogen functional groups attached to an aromatic ring is 1. The molecule has 0 amide bonds. The summed E-state index contributed by atoms with van der Waals surface area (Å²) >= 11 is 0. The van der Waals surface area contributed by atoms with Crippen molar-refractivity contribution in [1.82, 2.24) is 0 Å². The van der Waals surface area contributed by atoms with Crippen molar-refractivity contribution in [1.29, 1.82) is 0 Å². The van der Waals surface area contributed by atoms with Gasteiger partial charge in [0, 0.05) is 13.0 Å². The molecule has 0 bridgehead atoms. The molecule has 2 aromatic carbocycles. The predicted molar refractivity (Wildman–Crippen MR) is 95.4 cm³/mol. The van der Waals surface area contributed by atoms with E-state index in [4.69, 9.17) is 15.2 Å². The maximum absolute atomic E-state index is 12.8. The normalized spacial score (nSPS) is 11.0. The maximum atomic E-state index is 12.8. The Balaban J connectivity index is 2.41. The molecule has 25 heavy (non-hydrogen) atoms. The van der Waals surface area contributed by atoms with Gasteiger partial charge in [-0.1, -0.05) is 0 Å². The summed E-state index contributed by atoms with van der Waals surface area (Å²) in [6.07, 6.45) is 0. The third-order valence-electron chi connectivity index (χ3n) is 3.47. The fourth-order valence-electron chi connectivity index (χ4n) is 2.52. The number of esters is 1. The molecule has 0 radical (unpaired) electrons. The summed E-state index contributed by atoms with van der Waals surface area (Å²) in [5.41, 5.74) is 7.28. The van der Waals surface area contributed by atoms with E-state index in [1.165, 1.54) is 38.3 Å². The molecule has 0 aliphatic heterocycles. The summed E-state index contributed by atoms with van der Waals surface area (Å²) < 4.78 is 38.1. The predicted octanol–water partition coefficient (Wildman–Crippen LogP) is 2.62. The lowest BCUT2D eigenvalue weighted by Gasteiger charge is -2.16. The zero-order valence-electron chi connectivity index (χ0n) is 14.4. The first kappa shape index (κ1) is 18.6. The van der Waals surface area contributed by atoms with Gasteiger partial charge in [-0.15, -0.1) is 0 Å². The molecule has 0 atom stereocenters. The van der Waals surface area contributed by atoms with Gasteiger partial charge in [0.05, 0.1) is 23.4 Å². The van der Waals surface area contributed by atoms with Gasteiger partial charge in [-0.25, -0.2) is 8.42 Å². The standard InChI is InChI=1S/C17H20N2O5S/c1-10-7-14(24-12(3)20)8-11(2)17(10)25(21,22)19-16-6-5-13(23-4)9-15(16)18/h5-9,19H,18H2,1-4H3. The summed E-state index contributed by atoms with van der Waals surface area (Å²) in [4.78, 5) is 11.2. The number of rotatable bonds is 5. The highest BCUT2D eigenvalue weighted by Gasteiger charge is 2.22. The molecule has 0 aliphatic rings. The zero-order valence-corrected chi connectivity index (χ0v) is 15.2. The smallest absolute Gasteiger partial charge is 0.308 e. The monoisotopic (exact) mass is 364 g/mol. The minimum Gasteiger partial charge on any atom is -0.497 e. The van der Waals surface area contributed by atoms with Gasteiger partial charge in [0.2, 0.25) is 0 Å². The van der Waals surface area contributed by atoms with Crippen molar-refractivity contribution in [2.45, 2.75) is 25.7 Å². The molecule has 8 heteroatoms. The SMILES string of the molecule is COc1ccc(NS(=O)(=O)c2c(C)cc(OC(C)=O)cc2C)c(N)c1. The third kappa shape index (κ3) is 4.21. The van der Waals surface area contributed by atoms with Crippen LogP contribution in [-0.4, -0.2) is 21.5 Å². The van der Waals surface area contributed by atoms with Crippen molar-refractivity contribution in [3.63, 3.8) is 0 Å². The number of sulfonamides is 1. The van der Waals surface area contributed by atoms with Crippen LogP contribution in [0, 0.1) is 13.8 Å². The number of anilines is 2. The molecule has 3 N–H and O–H groups in total. The second kappa shape index (κ2) is 7.02. The van der Waals surface area contributed by atoms with E-state index in [9.17, 15) is 13.2 Å². The van der Waals surface area contributed by atoms with Crippen LogP contribution in [0.1, 0.15) is 18.1 Å². The first-order chi connectivity index (χ1) is 11.6. The lowest BCUT2D eigenvalue weighted by molar-refractivity contribution is -0.131. The fraction of sp³-hybridized carbons (Fsp3) is 0.235. The van der Waals surface area contributed by atoms with Crippen LogP contribution in [0.2, 0.25) is 0 Å². The molecule has 0 fully saturated rings. The highest BCUT2D eigenvalue weighted by Crippen LogP contribution is 2.30. The van der Waals surface area contributed by atoms with Crippen molar-refractivity contribution < 1.29 is 22.7 Å². The minimum atomic E-state index is -3.87. The molecule has 0 aliphatic carbocycles. The summed E-state index contributed by atoms with van der Waals surface area (Å²) in [6.45, 7) is 4.54. The number of ether oxygens (including phenoxy) is 2. The summed E-state index contributed by atoms with van der Waals surface area (Å²) in [5.74, 6) is 0.350. The van der Waals surface area contributed by atoms with Crippen molar-refractivity contribution in [2.75, 3.05) is 17.6 Å². The van der Waals surface area contributed by atoms with Crippen molar-refractivity contribution in [3.05, 3.63) is 41.5 Å². The number of hydrogen-bond acceptors (Lipinski definition) is 6. The molecule has 0 aromatic heterocycles. The first-order valence-electron chi connectivity index (χ1n) is 7.40. The number of carbonyl (C=O) groups excluding carboxylic acids is 1. The van der Waals surface area contributed by atoms with Gasteiger partial charge in [-0.3, -0.25) is 9.52 Å². The van der Waals surface area contributed by atoms with Gasteiger partial charge in [-0.2, -0.15) is 0 Å². The quantitative estimate of drug-likeness (QED) is 0.480. The van der Waals surface area contributed by atoms with Crippen molar-refractivity contribution in [2.24, 2.45) is 0 Å². The Labute approximate surface area is 146 Å². The average Bonchev–Trinajstić information content (AvgIpc) is 2.47. The Morgan fingerprint density at radius 2 is 1.68 bits per heavy atom. The lowest BCUT2D eigenvalue weighted by Crippen LogP contribution is -2.17. The van der Waals surface area contributed by atoms with Crippen molar-refractivity contribution in [3.8, 4) is 11.5 Å². The number of hydrogen-bond donors (Lipinski definition) is 2. The minimum absolute atomic E-state index is 0.110. The lowest BCUT2D eigenvalue weighted by atomic mass is 10.1. The molecule has 0 saturated carbocycles. The molecule has 7 nitrogen and oxygen atoms in total. The Kier molecular flexibility index (Phi) is 5.22. The molecule has 2 rings (SSSR count). The highest BCUT2D eigenvalue weighted by molar-refractivity contribution is 7.92. The van der Waals surface area contributed by atoms with Crippen molar-refractivity contribution >= 4 is 27.4 Å². The van der Waals surface area contributed by atoms with Gasteiger partial charge in [0.15, 0.2) is 0 Å². The zero-order chi connectivity index (χ0) is 18.8. The number of benzene rings is 2. The van der Waals surface area contributed by atoms with Crippen LogP contribution < -0.4 is 19.9 Å². The third-order valence-corrected chi connectivity index (χ3v) is 5.14. The molecule has 0 heterocycles. The van der Waals surface area contributed by atoms with E-state index in [1.807, 2.05) is 0 Å². The Morgan fingerprint density at radius 1 is 1.08 bits per heavy atom. The summed E-state index contributed by atoms with van der Waals surface area (Å²) in [7, 11) is -2.38. The van der Waals surface area contributed by atoms with E-state index in [2.05, 4.69) is 4.72 Å².